The number of fused-ring (bicyclic) bond motifs is 1. The van der Waals surface area contributed by atoms with Gasteiger partial charge in [0, 0.05) is 10.6 Å². The average molecular weight is 250 g/mol. The Morgan fingerprint density at radius 3 is 2.88 bits per heavy atom. The molecule has 92 valence electrons. The van der Waals surface area contributed by atoms with E-state index < -0.39 is 11.4 Å². The second kappa shape index (κ2) is 4.37. The monoisotopic (exact) mass is 250 g/mol. The number of thioether (sulfide) groups is 1. The summed E-state index contributed by atoms with van der Waals surface area (Å²) in [5.41, 5.74) is 1.87. The summed E-state index contributed by atoms with van der Waals surface area (Å²) in [7, 11) is 0. The molecule has 1 N–H and O–H groups in total. The van der Waals surface area contributed by atoms with Crippen LogP contribution < -0.4 is 0 Å². The van der Waals surface area contributed by atoms with Crippen molar-refractivity contribution in [3.8, 4) is 0 Å². The van der Waals surface area contributed by atoms with E-state index in [1.807, 2.05) is 11.8 Å². The van der Waals surface area contributed by atoms with E-state index in [1.54, 1.807) is 13.8 Å². The summed E-state index contributed by atoms with van der Waals surface area (Å²) in [4.78, 5) is 12.5. The molecule has 2 rings (SSSR count). The van der Waals surface area contributed by atoms with Crippen LogP contribution in [0.1, 0.15) is 37.8 Å². The Morgan fingerprint density at radius 1 is 1.53 bits per heavy atom. The highest BCUT2D eigenvalue weighted by atomic mass is 32.2. The molecule has 1 aliphatic rings. The fourth-order valence-electron chi connectivity index (χ4n) is 2.16. The lowest BCUT2D eigenvalue weighted by Gasteiger charge is -2.20. The Bertz CT molecular complexity index is 452. The van der Waals surface area contributed by atoms with Gasteiger partial charge in [0.15, 0.2) is 0 Å². The first-order valence-corrected chi connectivity index (χ1v) is 6.88. The van der Waals surface area contributed by atoms with Gasteiger partial charge in [-0.3, -0.25) is 4.79 Å². The van der Waals surface area contributed by atoms with Crippen molar-refractivity contribution in [2.75, 3.05) is 5.75 Å². The number of hydrogen-bond donors (Lipinski definition) is 1. The third-order valence-electron chi connectivity index (χ3n) is 3.35. The number of hydrogen-bond acceptors (Lipinski definition) is 2. The van der Waals surface area contributed by atoms with E-state index in [0.29, 0.717) is 12.3 Å². The number of carboxylic acids is 1. The molecule has 0 amide bonds. The second-order valence-corrected chi connectivity index (χ2v) is 6.44. The fraction of sp³-hybridized carbons (Fsp3) is 0.500. The minimum Gasteiger partial charge on any atom is -0.481 e. The van der Waals surface area contributed by atoms with Crippen molar-refractivity contribution in [2.24, 2.45) is 5.41 Å². The molecule has 0 saturated heterocycles. The van der Waals surface area contributed by atoms with E-state index in [9.17, 15) is 9.90 Å². The predicted octanol–water partition coefficient (Wildman–Crippen LogP) is 3.55. The van der Waals surface area contributed by atoms with Gasteiger partial charge in [-0.25, -0.2) is 0 Å². The van der Waals surface area contributed by atoms with E-state index >= 15 is 0 Å². The van der Waals surface area contributed by atoms with Crippen molar-refractivity contribution in [1.29, 1.82) is 0 Å². The summed E-state index contributed by atoms with van der Waals surface area (Å²) < 4.78 is 0. The van der Waals surface area contributed by atoms with Crippen LogP contribution in [0.2, 0.25) is 0 Å². The van der Waals surface area contributed by atoms with Crippen molar-refractivity contribution in [2.45, 2.75) is 38.0 Å². The molecule has 3 heteroatoms. The highest BCUT2D eigenvalue weighted by Gasteiger charge is 2.30. The maximum absolute atomic E-state index is 11.2. The summed E-state index contributed by atoms with van der Waals surface area (Å²) in [6.45, 7) is 5.81. The van der Waals surface area contributed by atoms with Gasteiger partial charge in [0.2, 0.25) is 0 Å². The number of rotatable bonds is 3. The lowest BCUT2D eigenvalue weighted by atomic mass is 9.85. The van der Waals surface area contributed by atoms with Crippen molar-refractivity contribution in [1.82, 2.24) is 0 Å². The minimum absolute atomic E-state index is 0.586. The molecule has 0 aliphatic carbocycles. The molecule has 0 radical (unpaired) electrons. The molecular weight excluding hydrogens is 232 g/mol. The lowest BCUT2D eigenvalue weighted by molar-refractivity contribution is -0.146. The number of carbonyl (C=O) groups is 1. The van der Waals surface area contributed by atoms with Gasteiger partial charge in [-0.1, -0.05) is 25.1 Å². The minimum atomic E-state index is -0.730. The van der Waals surface area contributed by atoms with Crippen LogP contribution in [0, 0.1) is 5.41 Å². The zero-order valence-corrected chi connectivity index (χ0v) is 11.3. The van der Waals surface area contributed by atoms with Crippen molar-refractivity contribution in [3.05, 3.63) is 29.3 Å². The van der Waals surface area contributed by atoms with Crippen LogP contribution >= 0.6 is 11.8 Å². The highest BCUT2D eigenvalue weighted by molar-refractivity contribution is 7.99. The van der Waals surface area contributed by atoms with Gasteiger partial charge >= 0.3 is 5.97 Å². The Balaban J connectivity index is 2.33. The SMILES string of the molecule is CC1CSc2c(CC(C)(C)C(=O)O)cccc21. The van der Waals surface area contributed by atoms with Gasteiger partial charge in [0.05, 0.1) is 5.41 Å². The molecule has 2 nitrogen and oxygen atoms in total. The standard InChI is InChI=1S/C14H18O2S/c1-9-8-17-12-10(5-4-6-11(9)12)7-14(2,3)13(15)16/h4-6,9H,7-8H2,1-3H3,(H,15,16). The third kappa shape index (κ3) is 2.34. The topological polar surface area (TPSA) is 37.3 Å². The van der Waals surface area contributed by atoms with Crippen LogP contribution in [-0.2, 0) is 11.2 Å². The lowest BCUT2D eigenvalue weighted by Crippen LogP contribution is -2.26. The van der Waals surface area contributed by atoms with E-state index in [1.165, 1.54) is 16.0 Å². The molecular formula is C14H18O2S. The molecule has 0 aromatic heterocycles. The van der Waals surface area contributed by atoms with E-state index in [2.05, 4.69) is 25.1 Å². The van der Waals surface area contributed by atoms with Gasteiger partial charge in [0.1, 0.15) is 0 Å². The molecule has 17 heavy (non-hydrogen) atoms. The Morgan fingerprint density at radius 2 is 2.24 bits per heavy atom. The molecule has 1 aromatic carbocycles. The largest absolute Gasteiger partial charge is 0.481 e. The van der Waals surface area contributed by atoms with Crippen LogP contribution in [0.5, 0.6) is 0 Å². The fourth-order valence-corrected chi connectivity index (χ4v) is 3.52. The Hall–Kier alpha value is -0.960. The molecule has 0 saturated carbocycles. The molecule has 0 bridgehead atoms. The Kier molecular flexibility index (Phi) is 3.21. The second-order valence-electron chi connectivity index (χ2n) is 5.41. The Labute approximate surface area is 106 Å². The number of aliphatic carboxylic acids is 1. The predicted molar refractivity (Wildman–Crippen MR) is 70.7 cm³/mol. The number of benzene rings is 1. The maximum atomic E-state index is 11.2. The molecule has 1 aromatic rings. The smallest absolute Gasteiger partial charge is 0.309 e. The van der Waals surface area contributed by atoms with Crippen LogP contribution in [0.25, 0.3) is 0 Å². The van der Waals surface area contributed by atoms with Gasteiger partial charge in [-0.05, 0) is 37.3 Å². The molecule has 1 unspecified atom stereocenters. The zero-order valence-electron chi connectivity index (χ0n) is 10.5. The van der Waals surface area contributed by atoms with Crippen LogP contribution in [0.3, 0.4) is 0 Å². The molecule has 1 heterocycles. The first-order valence-electron chi connectivity index (χ1n) is 5.90. The van der Waals surface area contributed by atoms with Crippen molar-refractivity contribution < 1.29 is 9.90 Å². The molecule has 1 atom stereocenters. The summed E-state index contributed by atoms with van der Waals surface area (Å²) in [6, 6.07) is 6.28. The van der Waals surface area contributed by atoms with Gasteiger partial charge in [-0.2, -0.15) is 0 Å². The number of carboxylic acid groups (broad SMARTS) is 1. The van der Waals surface area contributed by atoms with Crippen molar-refractivity contribution >= 4 is 17.7 Å². The van der Waals surface area contributed by atoms with Crippen LogP contribution in [-0.4, -0.2) is 16.8 Å². The quantitative estimate of drug-likeness (QED) is 0.891. The van der Waals surface area contributed by atoms with Crippen molar-refractivity contribution in [3.63, 3.8) is 0 Å². The average Bonchev–Trinajstić information content (AvgIpc) is 2.61. The molecule has 0 fully saturated rings. The third-order valence-corrected chi connectivity index (χ3v) is 4.80. The van der Waals surface area contributed by atoms with E-state index in [4.69, 9.17) is 0 Å². The van der Waals surface area contributed by atoms with Crippen LogP contribution in [0.15, 0.2) is 23.1 Å². The highest BCUT2D eigenvalue weighted by Crippen LogP contribution is 2.42. The van der Waals surface area contributed by atoms with Gasteiger partial charge in [0.25, 0.3) is 0 Å². The summed E-state index contributed by atoms with van der Waals surface area (Å²) in [5.74, 6) is 0.967. The summed E-state index contributed by atoms with van der Waals surface area (Å²) in [6.07, 6.45) is 0.602. The van der Waals surface area contributed by atoms with Gasteiger partial charge in [-0.15, -0.1) is 11.8 Å². The normalized spacial score (nSPS) is 19.1. The van der Waals surface area contributed by atoms with E-state index in [0.717, 1.165) is 5.75 Å². The molecule has 1 aliphatic heterocycles. The first kappa shape index (κ1) is 12.5. The first-order chi connectivity index (χ1) is 7.92. The van der Waals surface area contributed by atoms with Gasteiger partial charge < -0.3 is 5.11 Å². The maximum Gasteiger partial charge on any atom is 0.309 e. The summed E-state index contributed by atoms with van der Waals surface area (Å²) in [5, 5.41) is 9.20. The molecule has 0 spiro atoms. The summed E-state index contributed by atoms with van der Waals surface area (Å²) >= 11 is 1.86. The van der Waals surface area contributed by atoms with E-state index in [-0.39, 0.29) is 0 Å². The zero-order chi connectivity index (χ0) is 12.6. The van der Waals surface area contributed by atoms with Crippen LogP contribution in [0.4, 0.5) is 0 Å².